The zero-order chi connectivity index (χ0) is 16.0. The lowest BCUT2D eigenvalue weighted by molar-refractivity contribution is 0.578. The van der Waals surface area contributed by atoms with Crippen LogP contribution in [0.25, 0.3) is 0 Å². The first-order valence-corrected chi connectivity index (χ1v) is 10.3. The quantitative estimate of drug-likeness (QED) is 0.711. The summed E-state index contributed by atoms with van der Waals surface area (Å²) in [5, 5.41) is 3.48. The van der Waals surface area contributed by atoms with E-state index < -0.39 is 10.0 Å². The first-order chi connectivity index (χ1) is 9.81. The molecule has 0 aliphatic carbocycles. The maximum absolute atomic E-state index is 12.5. The van der Waals surface area contributed by atoms with Gasteiger partial charge in [-0.3, -0.25) is 0 Å². The molecular formula is C14H23BrN2O2S2. The maximum atomic E-state index is 12.5. The van der Waals surface area contributed by atoms with Crippen LogP contribution in [0.4, 0.5) is 0 Å². The predicted molar refractivity (Wildman–Crippen MR) is 94.4 cm³/mol. The van der Waals surface area contributed by atoms with Gasteiger partial charge in [0.05, 0.1) is 4.90 Å². The summed E-state index contributed by atoms with van der Waals surface area (Å²) in [6.07, 6.45) is 2.85. The third-order valence-corrected chi connectivity index (χ3v) is 6.72. The smallest absolute Gasteiger partial charge is 0.240 e. The van der Waals surface area contributed by atoms with E-state index in [1.54, 1.807) is 17.8 Å². The van der Waals surface area contributed by atoms with E-state index >= 15 is 0 Å². The van der Waals surface area contributed by atoms with Gasteiger partial charge in [0.1, 0.15) is 0 Å². The van der Waals surface area contributed by atoms with Crippen molar-refractivity contribution in [1.82, 2.24) is 10.0 Å². The highest BCUT2D eigenvalue weighted by Gasteiger charge is 2.19. The third-order valence-electron chi connectivity index (χ3n) is 3.27. The van der Waals surface area contributed by atoms with E-state index in [0.717, 1.165) is 22.0 Å². The topological polar surface area (TPSA) is 58.2 Å². The zero-order valence-electron chi connectivity index (χ0n) is 12.9. The number of hydrogen-bond acceptors (Lipinski definition) is 4. The molecule has 1 rings (SSSR count). The molecule has 21 heavy (non-hydrogen) atoms. The lowest BCUT2D eigenvalue weighted by Crippen LogP contribution is -2.27. The highest BCUT2D eigenvalue weighted by atomic mass is 79.9. The van der Waals surface area contributed by atoms with E-state index in [1.165, 1.54) is 0 Å². The average Bonchev–Trinajstić information content (AvgIpc) is 2.42. The van der Waals surface area contributed by atoms with E-state index in [-0.39, 0.29) is 0 Å². The number of sulfonamides is 1. The van der Waals surface area contributed by atoms with Crippen molar-refractivity contribution in [3.63, 3.8) is 0 Å². The van der Waals surface area contributed by atoms with Gasteiger partial charge in [-0.1, -0.05) is 22.9 Å². The van der Waals surface area contributed by atoms with Crippen LogP contribution in [0.3, 0.4) is 0 Å². The summed E-state index contributed by atoms with van der Waals surface area (Å²) >= 11 is 5.17. The monoisotopic (exact) mass is 394 g/mol. The number of rotatable bonds is 8. The molecule has 120 valence electrons. The van der Waals surface area contributed by atoms with Crippen LogP contribution in [-0.2, 0) is 16.6 Å². The van der Waals surface area contributed by atoms with Crippen LogP contribution < -0.4 is 10.0 Å². The van der Waals surface area contributed by atoms with Crippen molar-refractivity contribution >= 4 is 37.7 Å². The molecule has 7 heteroatoms. The van der Waals surface area contributed by atoms with Crippen LogP contribution in [0.2, 0.25) is 0 Å². The van der Waals surface area contributed by atoms with E-state index in [4.69, 9.17) is 0 Å². The van der Waals surface area contributed by atoms with Crippen molar-refractivity contribution in [1.29, 1.82) is 0 Å². The Morgan fingerprint density at radius 3 is 2.62 bits per heavy atom. The fourth-order valence-corrected chi connectivity index (χ4v) is 4.24. The predicted octanol–water partition coefficient (Wildman–Crippen LogP) is 2.90. The normalized spacial score (nSPS) is 13.4. The minimum absolute atomic E-state index is 0.346. The fourth-order valence-electron chi connectivity index (χ4n) is 1.88. The Labute approximate surface area is 140 Å². The summed E-state index contributed by atoms with van der Waals surface area (Å²) in [4.78, 5) is 0.346. The molecule has 0 fully saturated rings. The minimum atomic E-state index is -3.48. The highest BCUT2D eigenvalue weighted by Crippen LogP contribution is 2.26. The van der Waals surface area contributed by atoms with Crippen LogP contribution in [0.15, 0.2) is 21.5 Å². The third kappa shape index (κ3) is 5.56. The second kappa shape index (κ2) is 8.53. The molecule has 1 atom stereocenters. The molecule has 0 radical (unpaired) electrons. The van der Waals surface area contributed by atoms with Crippen LogP contribution >= 0.6 is 27.7 Å². The Morgan fingerprint density at radius 1 is 1.38 bits per heavy atom. The number of nitrogens with one attached hydrogen (secondary N) is 2. The summed E-state index contributed by atoms with van der Waals surface area (Å²) < 4.78 is 28.5. The van der Waals surface area contributed by atoms with E-state index in [2.05, 4.69) is 32.9 Å². The maximum Gasteiger partial charge on any atom is 0.240 e. The summed E-state index contributed by atoms with van der Waals surface area (Å²) in [6.45, 7) is 4.99. The molecule has 1 aromatic carbocycles. The van der Waals surface area contributed by atoms with Gasteiger partial charge in [-0.05, 0) is 49.9 Å². The van der Waals surface area contributed by atoms with Gasteiger partial charge < -0.3 is 5.32 Å². The second-order valence-electron chi connectivity index (χ2n) is 4.96. The summed E-state index contributed by atoms with van der Waals surface area (Å²) in [5.41, 5.74) is 1.67. The summed E-state index contributed by atoms with van der Waals surface area (Å²) in [6, 6.07) is 3.68. The van der Waals surface area contributed by atoms with E-state index in [0.29, 0.717) is 23.2 Å². The molecule has 1 unspecified atom stereocenters. The Bertz CT molecular complexity index is 577. The molecule has 2 N–H and O–H groups in total. The Kier molecular flexibility index (Phi) is 7.70. The average molecular weight is 395 g/mol. The van der Waals surface area contributed by atoms with Gasteiger partial charge in [0.2, 0.25) is 10.0 Å². The molecule has 0 aliphatic heterocycles. The zero-order valence-corrected chi connectivity index (χ0v) is 16.1. The van der Waals surface area contributed by atoms with Gasteiger partial charge in [-0.25, -0.2) is 13.1 Å². The first kappa shape index (κ1) is 19.0. The van der Waals surface area contributed by atoms with Crippen LogP contribution in [0.1, 0.15) is 24.5 Å². The molecular weight excluding hydrogens is 372 g/mol. The van der Waals surface area contributed by atoms with Crippen molar-refractivity contribution < 1.29 is 8.42 Å². The SMILES string of the molecule is CNCc1cc(Br)c(C)c(S(=O)(=O)NCCC(C)SC)c1. The van der Waals surface area contributed by atoms with Gasteiger partial charge >= 0.3 is 0 Å². The minimum Gasteiger partial charge on any atom is -0.316 e. The first-order valence-electron chi connectivity index (χ1n) is 6.78. The Hall–Kier alpha value is -0.0800. The van der Waals surface area contributed by atoms with Gasteiger partial charge in [-0.2, -0.15) is 11.8 Å². The van der Waals surface area contributed by atoms with Crippen molar-refractivity contribution in [2.24, 2.45) is 0 Å². The Morgan fingerprint density at radius 2 is 2.05 bits per heavy atom. The molecule has 0 saturated carbocycles. The molecule has 0 saturated heterocycles. The van der Waals surface area contributed by atoms with E-state index in [9.17, 15) is 8.42 Å². The lowest BCUT2D eigenvalue weighted by Gasteiger charge is -2.14. The fraction of sp³-hybridized carbons (Fsp3) is 0.571. The van der Waals surface area contributed by atoms with Crippen LogP contribution in [-0.4, -0.2) is 33.5 Å². The molecule has 0 aliphatic rings. The van der Waals surface area contributed by atoms with Gasteiger partial charge in [-0.15, -0.1) is 0 Å². The van der Waals surface area contributed by atoms with Crippen LogP contribution in [0.5, 0.6) is 0 Å². The Balaban J connectivity index is 2.96. The van der Waals surface area contributed by atoms with Crippen molar-refractivity contribution in [2.45, 2.75) is 37.0 Å². The lowest BCUT2D eigenvalue weighted by atomic mass is 10.1. The molecule has 0 aromatic heterocycles. The number of thioether (sulfide) groups is 1. The molecule has 0 spiro atoms. The standard InChI is InChI=1S/C14H23BrN2O2S2/c1-10(20-4)5-6-17-21(18,19)14-8-12(9-16-3)7-13(15)11(14)2/h7-8,10,16-17H,5-6,9H2,1-4H3. The highest BCUT2D eigenvalue weighted by molar-refractivity contribution is 9.10. The van der Waals surface area contributed by atoms with Crippen molar-refractivity contribution in [3.8, 4) is 0 Å². The summed E-state index contributed by atoms with van der Waals surface area (Å²) in [7, 11) is -1.64. The number of halogens is 1. The largest absolute Gasteiger partial charge is 0.316 e. The number of hydrogen-bond donors (Lipinski definition) is 2. The summed E-state index contributed by atoms with van der Waals surface area (Å²) in [5.74, 6) is 0. The molecule has 0 amide bonds. The van der Waals surface area contributed by atoms with Crippen molar-refractivity contribution in [3.05, 3.63) is 27.7 Å². The molecule has 4 nitrogen and oxygen atoms in total. The molecule has 0 bridgehead atoms. The van der Waals surface area contributed by atoms with Gasteiger partial charge in [0.25, 0.3) is 0 Å². The van der Waals surface area contributed by atoms with Gasteiger partial charge in [0, 0.05) is 22.8 Å². The van der Waals surface area contributed by atoms with Crippen molar-refractivity contribution in [2.75, 3.05) is 19.8 Å². The molecule has 1 aromatic rings. The molecule has 0 heterocycles. The second-order valence-corrected chi connectivity index (χ2v) is 8.83. The number of benzene rings is 1. The van der Waals surface area contributed by atoms with E-state index in [1.807, 2.05) is 26.3 Å². The van der Waals surface area contributed by atoms with Crippen LogP contribution in [0, 0.1) is 6.92 Å². The van der Waals surface area contributed by atoms with Gasteiger partial charge in [0.15, 0.2) is 0 Å².